The molecule has 3 nitrogen and oxygen atoms in total. The van der Waals surface area contributed by atoms with Gasteiger partial charge in [-0.15, -0.1) is 0 Å². The second kappa shape index (κ2) is 1.70. The smallest absolute Gasteiger partial charge is 0.237 e. The number of amides is 1. The van der Waals surface area contributed by atoms with Gasteiger partial charge < -0.3 is 10.6 Å². The van der Waals surface area contributed by atoms with E-state index in [1.807, 2.05) is 0 Å². The van der Waals surface area contributed by atoms with Crippen LogP contribution >= 0.6 is 0 Å². The van der Waals surface area contributed by atoms with Gasteiger partial charge in [-0.1, -0.05) is 0 Å². The van der Waals surface area contributed by atoms with Crippen LogP contribution in [0.25, 0.3) is 0 Å². The highest BCUT2D eigenvalue weighted by atomic mass is 16.2. The lowest BCUT2D eigenvalue weighted by atomic mass is 10.1. The third-order valence-corrected chi connectivity index (χ3v) is 2.17. The Morgan fingerprint density at radius 2 is 2.44 bits per heavy atom. The molecule has 2 saturated heterocycles. The van der Waals surface area contributed by atoms with Crippen LogP contribution in [0.4, 0.5) is 0 Å². The monoisotopic (exact) mass is 126 g/mol. The van der Waals surface area contributed by atoms with Gasteiger partial charge in [0.25, 0.3) is 0 Å². The fraction of sp³-hybridized carbons (Fsp3) is 0.833. The van der Waals surface area contributed by atoms with Gasteiger partial charge in [0.05, 0.1) is 6.04 Å². The van der Waals surface area contributed by atoms with Crippen molar-refractivity contribution in [1.82, 2.24) is 10.6 Å². The van der Waals surface area contributed by atoms with Crippen molar-refractivity contribution < 1.29 is 4.79 Å². The van der Waals surface area contributed by atoms with Gasteiger partial charge >= 0.3 is 0 Å². The van der Waals surface area contributed by atoms with Crippen LogP contribution in [0.15, 0.2) is 0 Å². The first-order valence-electron chi connectivity index (χ1n) is 3.39. The summed E-state index contributed by atoms with van der Waals surface area (Å²) >= 11 is 0. The highest BCUT2D eigenvalue weighted by Gasteiger charge is 2.37. The minimum atomic E-state index is 0.144. The van der Waals surface area contributed by atoms with Crippen molar-refractivity contribution in [1.29, 1.82) is 0 Å². The maximum Gasteiger partial charge on any atom is 0.237 e. The van der Waals surface area contributed by atoms with Gasteiger partial charge in [-0.25, -0.2) is 0 Å². The Balaban J connectivity index is 2.15. The molecule has 0 saturated carbocycles. The van der Waals surface area contributed by atoms with Crippen molar-refractivity contribution in [2.24, 2.45) is 5.92 Å². The van der Waals surface area contributed by atoms with E-state index in [9.17, 15) is 4.79 Å². The van der Waals surface area contributed by atoms with E-state index in [1.165, 1.54) is 0 Å². The Morgan fingerprint density at radius 1 is 1.56 bits per heavy atom. The van der Waals surface area contributed by atoms with E-state index < -0.39 is 0 Å². The van der Waals surface area contributed by atoms with E-state index in [0.29, 0.717) is 5.92 Å². The zero-order chi connectivity index (χ0) is 6.27. The van der Waals surface area contributed by atoms with Gasteiger partial charge in [-0.2, -0.15) is 0 Å². The van der Waals surface area contributed by atoms with Crippen molar-refractivity contribution in [3.8, 4) is 0 Å². The maximum atomic E-state index is 10.9. The van der Waals surface area contributed by atoms with Crippen LogP contribution in [-0.2, 0) is 4.79 Å². The van der Waals surface area contributed by atoms with E-state index >= 15 is 0 Å². The van der Waals surface area contributed by atoms with E-state index in [1.54, 1.807) is 0 Å². The molecule has 0 bridgehead atoms. The lowest BCUT2D eigenvalue weighted by molar-refractivity contribution is -0.120. The lowest BCUT2D eigenvalue weighted by Gasteiger charge is -2.01. The summed E-state index contributed by atoms with van der Waals surface area (Å²) in [5, 5.41) is 5.98. The molecule has 0 aromatic heterocycles. The summed E-state index contributed by atoms with van der Waals surface area (Å²) in [6, 6.07) is 0.144. The van der Waals surface area contributed by atoms with E-state index in [2.05, 4.69) is 10.6 Å². The SMILES string of the molecule is O=C1NC[C@H]2CCN[C@@H]12. The largest absolute Gasteiger partial charge is 0.354 e. The minimum absolute atomic E-state index is 0.144. The Hall–Kier alpha value is -0.570. The third-order valence-electron chi connectivity index (χ3n) is 2.17. The Labute approximate surface area is 53.8 Å². The van der Waals surface area contributed by atoms with Crippen molar-refractivity contribution in [3.63, 3.8) is 0 Å². The molecule has 1 amide bonds. The molecule has 50 valence electrons. The number of hydrogen-bond donors (Lipinski definition) is 2. The number of carbonyl (C=O) groups excluding carboxylic acids is 1. The van der Waals surface area contributed by atoms with E-state index in [-0.39, 0.29) is 11.9 Å². The zero-order valence-electron chi connectivity index (χ0n) is 5.18. The molecule has 0 aromatic carbocycles. The normalized spacial score (nSPS) is 40.7. The number of rotatable bonds is 0. The van der Waals surface area contributed by atoms with E-state index in [0.717, 1.165) is 19.5 Å². The molecule has 0 radical (unpaired) electrons. The van der Waals surface area contributed by atoms with Gasteiger partial charge in [-0.05, 0) is 13.0 Å². The minimum Gasteiger partial charge on any atom is -0.354 e. The summed E-state index contributed by atoms with van der Waals surface area (Å²) in [4.78, 5) is 10.9. The molecule has 0 unspecified atom stereocenters. The van der Waals surface area contributed by atoms with Gasteiger partial charge in [0.15, 0.2) is 0 Å². The standard InChI is InChI=1S/C6H10N2O/c9-6-5-4(3-8-6)1-2-7-5/h4-5,7H,1-3H2,(H,8,9)/t4-,5-/m1/s1. The molecular weight excluding hydrogens is 116 g/mol. The summed E-state index contributed by atoms with van der Waals surface area (Å²) in [5.74, 6) is 0.773. The summed E-state index contributed by atoms with van der Waals surface area (Å²) in [6.07, 6.45) is 1.16. The van der Waals surface area contributed by atoms with E-state index in [4.69, 9.17) is 0 Å². The van der Waals surface area contributed by atoms with Crippen LogP contribution in [0.1, 0.15) is 6.42 Å². The molecular formula is C6H10N2O. The third kappa shape index (κ3) is 0.645. The molecule has 0 aliphatic carbocycles. The molecule has 2 aliphatic heterocycles. The molecule has 2 fully saturated rings. The second-order valence-corrected chi connectivity index (χ2v) is 2.73. The predicted molar refractivity (Wildman–Crippen MR) is 32.9 cm³/mol. The van der Waals surface area contributed by atoms with Crippen LogP contribution in [0.2, 0.25) is 0 Å². The van der Waals surface area contributed by atoms with Crippen molar-refractivity contribution >= 4 is 5.91 Å². The fourth-order valence-corrected chi connectivity index (χ4v) is 1.63. The topological polar surface area (TPSA) is 41.1 Å². The summed E-state index contributed by atoms with van der Waals surface area (Å²) in [6.45, 7) is 1.90. The van der Waals surface area contributed by atoms with Crippen molar-refractivity contribution in [2.45, 2.75) is 12.5 Å². The summed E-state index contributed by atoms with van der Waals surface area (Å²) in [7, 11) is 0. The highest BCUT2D eigenvalue weighted by molar-refractivity contribution is 5.84. The molecule has 2 N–H and O–H groups in total. The fourth-order valence-electron chi connectivity index (χ4n) is 1.63. The molecule has 2 aliphatic rings. The van der Waals surface area contributed by atoms with Crippen LogP contribution in [0.3, 0.4) is 0 Å². The molecule has 2 rings (SSSR count). The van der Waals surface area contributed by atoms with Crippen LogP contribution in [-0.4, -0.2) is 25.0 Å². The van der Waals surface area contributed by atoms with Gasteiger partial charge in [-0.3, -0.25) is 4.79 Å². The zero-order valence-corrected chi connectivity index (χ0v) is 5.18. The van der Waals surface area contributed by atoms with Gasteiger partial charge in [0.2, 0.25) is 5.91 Å². The Kier molecular flexibility index (Phi) is 0.990. The average Bonchev–Trinajstić information content (AvgIpc) is 2.35. The Bertz CT molecular complexity index is 146. The first-order valence-corrected chi connectivity index (χ1v) is 3.39. The van der Waals surface area contributed by atoms with Crippen molar-refractivity contribution in [3.05, 3.63) is 0 Å². The number of carbonyl (C=O) groups is 1. The number of hydrogen-bond acceptors (Lipinski definition) is 2. The Morgan fingerprint density at radius 3 is 3.22 bits per heavy atom. The quantitative estimate of drug-likeness (QED) is 0.441. The average molecular weight is 126 g/mol. The maximum absolute atomic E-state index is 10.9. The lowest BCUT2D eigenvalue weighted by Crippen LogP contribution is -2.33. The molecule has 0 aromatic rings. The first kappa shape index (κ1) is 5.23. The van der Waals surface area contributed by atoms with Crippen molar-refractivity contribution in [2.75, 3.05) is 13.1 Å². The van der Waals surface area contributed by atoms with Crippen LogP contribution in [0, 0.1) is 5.92 Å². The second-order valence-electron chi connectivity index (χ2n) is 2.73. The van der Waals surface area contributed by atoms with Crippen LogP contribution in [0.5, 0.6) is 0 Å². The molecule has 3 heteroatoms. The summed E-state index contributed by atoms with van der Waals surface area (Å²) < 4.78 is 0. The van der Waals surface area contributed by atoms with Crippen LogP contribution < -0.4 is 10.6 Å². The highest BCUT2D eigenvalue weighted by Crippen LogP contribution is 2.18. The number of fused-ring (bicyclic) bond motifs is 1. The number of nitrogens with one attached hydrogen (secondary N) is 2. The molecule has 9 heavy (non-hydrogen) atoms. The van der Waals surface area contributed by atoms with Gasteiger partial charge in [0.1, 0.15) is 0 Å². The molecule has 0 spiro atoms. The molecule has 2 atom stereocenters. The predicted octanol–water partition coefficient (Wildman–Crippen LogP) is -0.906. The first-order chi connectivity index (χ1) is 4.38. The summed E-state index contributed by atoms with van der Waals surface area (Å²) in [5.41, 5.74) is 0. The molecule has 2 heterocycles. The van der Waals surface area contributed by atoms with Gasteiger partial charge in [0, 0.05) is 12.5 Å².